The summed E-state index contributed by atoms with van der Waals surface area (Å²) in [6, 6.07) is 7.73. The molecule has 0 unspecified atom stereocenters. The molecule has 2 heterocycles. The first-order valence-corrected chi connectivity index (χ1v) is 9.09. The van der Waals surface area contributed by atoms with Crippen LogP contribution in [-0.4, -0.2) is 22.8 Å². The Morgan fingerprint density at radius 3 is 2.85 bits per heavy atom. The predicted octanol–water partition coefficient (Wildman–Crippen LogP) is 4.70. The molecule has 1 aromatic carbocycles. The molecule has 0 spiro atoms. The normalized spacial score (nSPS) is 15.3. The zero-order valence-electron chi connectivity index (χ0n) is 15.1. The monoisotopic (exact) mass is 353 g/mol. The number of carbonyl (C=O) groups excluding carboxylic acids is 1. The van der Waals surface area contributed by atoms with E-state index in [0.29, 0.717) is 17.4 Å². The zero-order valence-corrected chi connectivity index (χ0v) is 15.1. The number of carbonyl (C=O) groups is 1. The molecule has 0 radical (unpaired) electrons. The van der Waals surface area contributed by atoms with Gasteiger partial charge in [-0.1, -0.05) is 19.3 Å². The smallest absolute Gasteiger partial charge is 0.292 e. The highest BCUT2D eigenvalue weighted by molar-refractivity contribution is 6.06. The minimum Gasteiger partial charge on any atom is -0.497 e. The summed E-state index contributed by atoms with van der Waals surface area (Å²) < 4.78 is 13.0. The number of rotatable bonds is 4. The maximum absolute atomic E-state index is 12.8. The number of nitrogens with one attached hydrogen (secondary N) is 1. The van der Waals surface area contributed by atoms with Crippen molar-refractivity contribution < 1.29 is 13.9 Å². The molecular formula is C20H23N3O3. The van der Waals surface area contributed by atoms with Gasteiger partial charge in [0.2, 0.25) is 0 Å². The molecule has 1 N–H and O–H groups in total. The number of furan rings is 1. The van der Waals surface area contributed by atoms with Gasteiger partial charge in [-0.25, -0.2) is 4.68 Å². The molecule has 0 bridgehead atoms. The molecule has 26 heavy (non-hydrogen) atoms. The van der Waals surface area contributed by atoms with Gasteiger partial charge in [-0.05, 0) is 38.0 Å². The van der Waals surface area contributed by atoms with Crippen LogP contribution in [0.15, 0.2) is 34.9 Å². The van der Waals surface area contributed by atoms with Crippen molar-refractivity contribution in [2.24, 2.45) is 0 Å². The largest absolute Gasteiger partial charge is 0.497 e. The van der Waals surface area contributed by atoms with E-state index in [-0.39, 0.29) is 5.91 Å². The Morgan fingerprint density at radius 2 is 2.08 bits per heavy atom. The molecule has 6 nitrogen and oxygen atoms in total. The highest BCUT2D eigenvalue weighted by atomic mass is 16.5. The minimum atomic E-state index is -0.254. The lowest BCUT2D eigenvalue weighted by Gasteiger charge is -2.23. The molecule has 1 aliphatic carbocycles. The molecule has 3 aromatic rings. The average molecular weight is 353 g/mol. The number of hydrogen-bond donors (Lipinski definition) is 1. The Hall–Kier alpha value is -2.76. The van der Waals surface area contributed by atoms with Gasteiger partial charge < -0.3 is 14.5 Å². The number of benzene rings is 1. The summed E-state index contributed by atoms with van der Waals surface area (Å²) in [5.41, 5.74) is 1.48. The van der Waals surface area contributed by atoms with Gasteiger partial charge in [0.15, 0.2) is 5.76 Å². The fourth-order valence-corrected chi connectivity index (χ4v) is 3.75. The molecule has 1 aliphatic rings. The average Bonchev–Trinajstić information content (AvgIpc) is 3.26. The quantitative estimate of drug-likeness (QED) is 0.738. The van der Waals surface area contributed by atoms with E-state index in [9.17, 15) is 4.79 Å². The zero-order chi connectivity index (χ0) is 18.1. The van der Waals surface area contributed by atoms with E-state index in [0.717, 1.165) is 35.4 Å². The van der Waals surface area contributed by atoms with Crippen LogP contribution in [-0.2, 0) is 0 Å². The molecule has 6 heteroatoms. The second-order valence-electron chi connectivity index (χ2n) is 6.83. The van der Waals surface area contributed by atoms with E-state index in [4.69, 9.17) is 9.15 Å². The number of aryl methyl sites for hydroxylation is 1. The maximum atomic E-state index is 12.8. The van der Waals surface area contributed by atoms with Gasteiger partial charge in [0, 0.05) is 17.0 Å². The van der Waals surface area contributed by atoms with E-state index in [1.165, 1.54) is 19.3 Å². The topological polar surface area (TPSA) is 69.3 Å². The number of amides is 1. The van der Waals surface area contributed by atoms with Gasteiger partial charge in [0.05, 0.1) is 19.3 Å². The van der Waals surface area contributed by atoms with Crippen molar-refractivity contribution in [2.75, 3.05) is 12.4 Å². The summed E-state index contributed by atoms with van der Waals surface area (Å²) in [5, 5.41) is 8.28. The molecule has 0 atom stereocenters. The van der Waals surface area contributed by atoms with Crippen LogP contribution in [0.3, 0.4) is 0 Å². The fraction of sp³-hybridized carbons (Fsp3) is 0.400. The highest BCUT2D eigenvalue weighted by Gasteiger charge is 2.22. The van der Waals surface area contributed by atoms with Crippen LogP contribution in [0.25, 0.3) is 11.0 Å². The van der Waals surface area contributed by atoms with E-state index in [2.05, 4.69) is 10.4 Å². The number of ether oxygens (including phenoxy) is 1. The minimum absolute atomic E-state index is 0.254. The van der Waals surface area contributed by atoms with Gasteiger partial charge in [-0.15, -0.1) is 0 Å². The first kappa shape index (κ1) is 16.7. The van der Waals surface area contributed by atoms with E-state index >= 15 is 0 Å². The lowest BCUT2D eigenvalue weighted by atomic mass is 9.96. The van der Waals surface area contributed by atoms with Crippen molar-refractivity contribution in [1.29, 1.82) is 0 Å². The second-order valence-corrected chi connectivity index (χ2v) is 6.83. The van der Waals surface area contributed by atoms with Crippen molar-refractivity contribution in [1.82, 2.24) is 9.78 Å². The summed E-state index contributed by atoms with van der Waals surface area (Å²) in [6.07, 6.45) is 7.65. The van der Waals surface area contributed by atoms with Gasteiger partial charge in [-0.2, -0.15) is 5.10 Å². The predicted molar refractivity (Wildman–Crippen MR) is 99.8 cm³/mol. The first-order valence-electron chi connectivity index (χ1n) is 9.09. The van der Waals surface area contributed by atoms with E-state index < -0.39 is 0 Å². The third-order valence-corrected chi connectivity index (χ3v) is 5.18. The molecule has 2 aromatic heterocycles. The van der Waals surface area contributed by atoms with Crippen molar-refractivity contribution in [3.05, 3.63) is 41.8 Å². The van der Waals surface area contributed by atoms with Crippen LogP contribution < -0.4 is 10.1 Å². The molecule has 136 valence electrons. The number of aromatic nitrogens is 2. The van der Waals surface area contributed by atoms with Crippen LogP contribution in [0.4, 0.5) is 5.82 Å². The number of methoxy groups -OCH3 is 1. The Morgan fingerprint density at radius 1 is 1.27 bits per heavy atom. The van der Waals surface area contributed by atoms with Crippen LogP contribution in [0.2, 0.25) is 0 Å². The van der Waals surface area contributed by atoms with Crippen molar-refractivity contribution in [3.8, 4) is 5.75 Å². The van der Waals surface area contributed by atoms with Crippen LogP contribution in [0, 0.1) is 6.92 Å². The number of hydrogen-bond acceptors (Lipinski definition) is 4. The number of fused-ring (bicyclic) bond motifs is 1. The SMILES string of the molecule is COc1ccc2oc(C(=O)Nc3ccnn3C3CCCCC3)c(C)c2c1. The summed E-state index contributed by atoms with van der Waals surface area (Å²) in [7, 11) is 1.62. The van der Waals surface area contributed by atoms with Crippen LogP contribution in [0.5, 0.6) is 5.75 Å². The summed E-state index contributed by atoms with van der Waals surface area (Å²) in [6.45, 7) is 1.89. The Labute approximate surface area is 152 Å². The van der Waals surface area contributed by atoms with Gasteiger partial charge in [-0.3, -0.25) is 4.79 Å². The highest BCUT2D eigenvalue weighted by Crippen LogP contribution is 2.31. The number of anilines is 1. The van der Waals surface area contributed by atoms with Crippen molar-refractivity contribution >= 4 is 22.7 Å². The third-order valence-electron chi connectivity index (χ3n) is 5.18. The molecule has 1 saturated carbocycles. The van der Waals surface area contributed by atoms with Crippen LogP contribution in [0.1, 0.15) is 54.3 Å². The molecular weight excluding hydrogens is 330 g/mol. The van der Waals surface area contributed by atoms with Crippen LogP contribution >= 0.6 is 0 Å². The lowest BCUT2D eigenvalue weighted by molar-refractivity contribution is 0.0996. The standard InChI is InChI=1S/C20H23N3O3/c1-13-16-12-15(25-2)8-9-17(16)26-19(13)20(24)22-18-10-11-21-23(18)14-6-4-3-5-7-14/h8-12,14H,3-7H2,1-2H3,(H,22,24). The lowest BCUT2D eigenvalue weighted by Crippen LogP contribution is -2.20. The molecule has 0 saturated heterocycles. The first-order chi connectivity index (χ1) is 12.7. The maximum Gasteiger partial charge on any atom is 0.292 e. The van der Waals surface area contributed by atoms with Gasteiger partial charge in [0.1, 0.15) is 17.2 Å². The summed E-state index contributed by atoms with van der Waals surface area (Å²) in [4.78, 5) is 12.8. The van der Waals surface area contributed by atoms with Crippen molar-refractivity contribution in [3.63, 3.8) is 0 Å². The number of nitrogens with zero attached hydrogens (tertiary/aromatic N) is 2. The van der Waals surface area contributed by atoms with Gasteiger partial charge in [0.25, 0.3) is 5.91 Å². The van der Waals surface area contributed by atoms with E-state index in [1.807, 2.05) is 35.9 Å². The van der Waals surface area contributed by atoms with E-state index in [1.54, 1.807) is 13.3 Å². The summed E-state index contributed by atoms with van der Waals surface area (Å²) in [5.74, 6) is 1.53. The molecule has 1 amide bonds. The molecule has 0 aliphatic heterocycles. The van der Waals surface area contributed by atoms with Crippen molar-refractivity contribution in [2.45, 2.75) is 45.1 Å². The Bertz CT molecular complexity index is 935. The Balaban J connectivity index is 1.60. The molecule has 1 fully saturated rings. The van der Waals surface area contributed by atoms with Gasteiger partial charge >= 0.3 is 0 Å². The second kappa shape index (κ2) is 6.86. The molecule has 4 rings (SSSR count). The Kier molecular flexibility index (Phi) is 4.41. The summed E-state index contributed by atoms with van der Waals surface area (Å²) >= 11 is 0. The fourth-order valence-electron chi connectivity index (χ4n) is 3.75. The third kappa shape index (κ3) is 2.96.